The van der Waals surface area contributed by atoms with Crippen molar-refractivity contribution in [2.24, 2.45) is 0 Å². The van der Waals surface area contributed by atoms with Crippen molar-refractivity contribution in [1.29, 1.82) is 0 Å². The average molecular weight is 504 g/mol. The predicted molar refractivity (Wildman–Crippen MR) is 124 cm³/mol. The number of benzene rings is 2. The Hall–Kier alpha value is -2.55. The Labute approximate surface area is 190 Å². The molecular weight excluding hydrogens is 488 g/mol. The zero-order chi connectivity index (χ0) is 21.1. The van der Waals surface area contributed by atoms with Crippen molar-refractivity contribution in [3.8, 4) is 11.6 Å². The lowest BCUT2D eigenvalue weighted by molar-refractivity contribution is -0.113. The molecule has 1 N–H and O–H groups in total. The molecule has 2 aromatic heterocycles. The molecule has 4 aromatic rings. The molecule has 2 aromatic carbocycles. The summed E-state index contributed by atoms with van der Waals surface area (Å²) in [4.78, 5) is 12.3. The highest BCUT2D eigenvalue weighted by Crippen LogP contribution is 2.30. The quantitative estimate of drug-likeness (QED) is 0.246. The number of hydrogen-bond donors (Lipinski definition) is 1. The van der Waals surface area contributed by atoms with E-state index in [1.54, 1.807) is 12.1 Å². The van der Waals surface area contributed by atoms with Gasteiger partial charge in [-0.2, -0.15) is 0 Å². The van der Waals surface area contributed by atoms with E-state index in [0.717, 1.165) is 15.5 Å². The first kappa shape index (κ1) is 20.7. The minimum Gasteiger partial charge on any atom is -0.453 e. The summed E-state index contributed by atoms with van der Waals surface area (Å²) in [6, 6.07) is 14.7. The summed E-state index contributed by atoms with van der Waals surface area (Å²) < 4.78 is 8.73. The van der Waals surface area contributed by atoms with E-state index < -0.39 is 0 Å². The summed E-state index contributed by atoms with van der Waals surface area (Å²) >= 11 is 10.7. The molecule has 6 nitrogen and oxygen atoms in total. The van der Waals surface area contributed by atoms with Gasteiger partial charge in [-0.05, 0) is 48.5 Å². The summed E-state index contributed by atoms with van der Waals surface area (Å²) in [5.74, 6) is 1.21. The maximum atomic E-state index is 12.3. The zero-order valence-electron chi connectivity index (χ0n) is 15.6. The van der Waals surface area contributed by atoms with Crippen LogP contribution in [0.2, 0.25) is 5.02 Å². The number of rotatable bonds is 7. The molecule has 152 valence electrons. The van der Waals surface area contributed by atoms with E-state index in [4.69, 9.17) is 16.0 Å². The molecule has 0 aliphatic heterocycles. The molecule has 0 spiro atoms. The molecule has 0 radical (unpaired) electrons. The topological polar surface area (TPSA) is 73.0 Å². The first-order valence-corrected chi connectivity index (χ1v) is 11.1. The highest BCUT2D eigenvalue weighted by Gasteiger charge is 2.18. The van der Waals surface area contributed by atoms with Crippen molar-refractivity contribution in [2.45, 2.75) is 11.7 Å². The molecule has 0 bridgehead atoms. The molecule has 0 aliphatic rings. The lowest BCUT2D eigenvalue weighted by atomic mass is 10.2. The molecule has 0 saturated heterocycles. The molecular formula is C21H16BrClN4O2S. The number of hydrogen-bond acceptors (Lipinski definition) is 5. The van der Waals surface area contributed by atoms with E-state index in [-0.39, 0.29) is 11.7 Å². The standard InChI is InChI=1S/C21H16BrClN4O2S/c1-2-9-27-20(18-11-13-10-15(23)5-8-17(13)29-18)25-26-21(27)30-12-19(28)24-16-6-3-14(22)4-7-16/h2-8,10-11H,1,9,12H2,(H,24,28). The third kappa shape index (κ3) is 4.61. The molecule has 1 amide bonds. The van der Waals surface area contributed by atoms with Crippen LogP contribution in [0.4, 0.5) is 5.69 Å². The maximum absolute atomic E-state index is 12.3. The number of nitrogens with one attached hydrogen (secondary N) is 1. The number of carbonyl (C=O) groups excluding carboxylic acids is 1. The van der Waals surface area contributed by atoms with Crippen LogP contribution in [-0.2, 0) is 11.3 Å². The minimum absolute atomic E-state index is 0.129. The SMILES string of the molecule is C=CCn1c(SCC(=O)Nc2ccc(Br)cc2)nnc1-c1cc2cc(Cl)ccc2o1. The number of nitrogens with zero attached hydrogens (tertiary/aromatic N) is 3. The highest BCUT2D eigenvalue weighted by molar-refractivity contribution is 9.10. The molecule has 0 unspecified atom stereocenters. The van der Waals surface area contributed by atoms with Gasteiger partial charge in [-0.1, -0.05) is 45.4 Å². The Kier molecular flexibility index (Phi) is 6.26. The van der Waals surface area contributed by atoms with Gasteiger partial charge in [-0.15, -0.1) is 16.8 Å². The van der Waals surface area contributed by atoms with E-state index in [0.29, 0.717) is 33.9 Å². The zero-order valence-corrected chi connectivity index (χ0v) is 18.8. The molecule has 4 rings (SSSR count). The number of anilines is 1. The van der Waals surface area contributed by atoms with Gasteiger partial charge in [0, 0.05) is 27.1 Å². The first-order valence-electron chi connectivity index (χ1n) is 8.95. The number of furan rings is 1. The van der Waals surface area contributed by atoms with Crippen LogP contribution < -0.4 is 5.32 Å². The largest absolute Gasteiger partial charge is 0.453 e. The molecule has 2 heterocycles. The summed E-state index contributed by atoms with van der Waals surface area (Å²) in [6.45, 7) is 4.29. The molecule has 0 atom stereocenters. The monoisotopic (exact) mass is 502 g/mol. The lowest BCUT2D eigenvalue weighted by Crippen LogP contribution is -2.14. The van der Waals surface area contributed by atoms with Crippen molar-refractivity contribution < 1.29 is 9.21 Å². The van der Waals surface area contributed by atoms with Crippen LogP contribution in [0.5, 0.6) is 0 Å². The number of thioether (sulfide) groups is 1. The molecule has 30 heavy (non-hydrogen) atoms. The van der Waals surface area contributed by atoms with Crippen LogP contribution in [0.3, 0.4) is 0 Å². The number of allylic oxidation sites excluding steroid dienone is 1. The third-order valence-electron chi connectivity index (χ3n) is 4.19. The highest BCUT2D eigenvalue weighted by atomic mass is 79.9. The molecule has 0 saturated carbocycles. The Bertz CT molecular complexity index is 1220. The van der Waals surface area contributed by atoms with Crippen molar-refractivity contribution in [3.05, 3.63) is 70.7 Å². The van der Waals surface area contributed by atoms with Gasteiger partial charge in [0.05, 0.1) is 5.75 Å². The van der Waals surface area contributed by atoms with Gasteiger partial charge in [-0.25, -0.2) is 0 Å². The Morgan fingerprint density at radius 1 is 1.23 bits per heavy atom. The van der Waals surface area contributed by atoms with Crippen LogP contribution in [0.25, 0.3) is 22.6 Å². The number of fused-ring (bicyclic) bond motifs is 1. The second-order valence-electron chi connectivity index (χ2n) is 6.34. The van der Waals surface area contributed by atoms with Gasteiger partial charge in [0.15, 0.2) is 10.9 Å². The van der Waals surface area contributed by atoms with E-state index in [9.17, 15) is 4.79 Å². The average Bonchev–Trinajstić information content (AvgIpc) is 3.32. The summed E-state index contributed by atoms with van der Waals surface area (Å²) in [6.07, 6.45) is 1.75. The fourth-order valence-corrected chi connectivity index (χ4v) is 4.05. The van der Waals surface area contributed by atoms with Crippen molar-refractivity contribution in [1.82, 2.24) is 14.8 Å². The van der Waals surface area contributed by atoms with Gasteiger partial charge in [-0.3, -0.25) is 9.36 Å². The second-order valence-corrected chi connectivity index (χ2v) is 8.64. The van der Waals surface area contributed by atoms with Crippen LogP contribution in [0.15, 0.2) is 75.2 Å². The van der Waals surface area contributed by atoms with Crippen LogP contribution >= 0.6 is 39.3 Å². The Morgan fingerprint density at radius 3 is 2.80 bits per heavy atom. The fourth-order valence-electron chi connectivity index (χ4n) is 2.86. The molecule has 9 heteroatoms. The van der Waals surface area contributed by atoms with E-state index >= 15 is 0 Å². The van der Waals surface area contributed by atoms with E-state index in [1.165, 1.54) is 11.8 Å². The van der Waals surface area contributed by atoms with Gasteiger partial charge < -0.3 is 9.73 Å². The van der Waals surface area contributed by atoms with Crippen molar-refractivity contribution in [3.63, 3.8) is 0 Å². The smallest absolute Gasteiger partial charge is 0.234 e. The lowest BCUT2D eigenvalue weighted by Gasteiger charge is -2.07. The number of carbonyl (C=O) groups is 1. The van der Waals surface area contributed by atoms with Gasteiger partial charge in [0.2, 0.25) is 11.7 Å². The van der Waals surface area contributed by atoms with E-state index in [2.05, 4.69) is 38.0 Å². The second kappa shape index (κ2) is 9.07. The van der Waals surface area contributed by atoms with Crippen LogP contribution in [0.1, 0.15) is 0 Å². The normalized spacial score (nSPS) is 11.0. The first-order chi connectivity index (χ1) is 14.5. The van der Waals surface area contributed by atoms with Crippen molar-refractivity contribution >= 4 is 61.9 Å². The summed E-state index contributed by atoms with van der Waals surface area (Å²) in [5, 5.41) is 13.5. The van der Waals surface area contributed by atoms with Gasteiger partial charge in [0.25, 0.3) is 0 Å². The van der Waals surface area contributed by atoms with Crippen LogP contribution in [-0.4, -0.2) is 26.4 Å². The number of aromatic nitrogens is 3. The third-order valence-corrected chi connectivity index (χ3v) is 5.92. The number of halogens is 2. The predicted octanol–water partition coefficient (Wildman–Crippen LogP) is 6.02. The maximum Gasteiger partial charge on any atom is 0.234 e. The molecule has 0 aliphatic carbocycles. The summed E-state index contributed by atoms with van der Waals surface area (Å²) in [7, 11) is 0. The Morgan fingerprint density at radius 2 is 2.03 bits per heavy atom. The Balaban J connectivity index is 1.52. The van der Waals surface area contributed by atoms with E-state index in [1.807, 2.05) is 47.0 Å². The number of amides is 1. The van der Waals surface area contributed by atoms with Crippen molar-refractivity contribution in [2.75, 3.05) is 11.1 Å². The summed E-state index contributed by atoms with van der Waals surface area (Å²) in [5.41, 5.74) is 1.45. The molecule has 0 fully saturated rings. The van der Waals surface area contributed by atoms with Gasteiger partial charge >= 0.3 is 0 Å². The minimum atomic E-state index is -0.129. The van der Waals surface area contributed by atoms with Gasteiger partial charge in [0.1, 0.15) is 5.58 Å². The van der Waals surface area contributed by atoms with Crippen LogP contribution in [0, 0.1) is 0 Å². The fraction of sp³-hybridized carbons (Fsp3) is 0.0952.